The summed E-state index contributed by atoms with van der Waals surface area (Å²) in [7, 11) is 0. The molecule has 0 fully saturated rings. The molecule has 0 bridgehead atoms. The molecule has 0 unspecified atom stereocenters. The van der Waals surface area contributed by atoms with E-state index in [0.29, 0.717) is 28.9 Å². The van der Waals surface area contributed by atoms with Gasteiger partial charge in [-0.15, -0.1) is 0 Å². The van der Waals surface area contributed by atoms with E-state index in [1.54, 1.807) is 0 Å². The number of hydrogen-bond donors (Lipinski definition) is 0. The normalized spacial score (nSPS) is 11.1. The molecule has 0 aliphatic carbocycles. The first kappa shape index (κ1) is 18.9. The van der Waals surface area contributed by atoms with Gasteiger partial charge >= 0.3 is 5.63 Å². The van der Waals surface area contributed by atoms with E-state index in [1.807, 2.05) is 75.4 Å². The van der Waals surface area contributed by atoms with Crippen LogP contribution < -0.4 is 10.4 Å². The summed E-state index contributed by atoms with van der Waals surface area (Å²) in [6, 6.07) is 17.3. The van der Waals surface area contributed by atoms with Gasteiger partial charge in [0.05, 0.1) is 0 Å². The number of ether oxygens (including phenoxy) is 1. The van der Waals surface area contributed by atoms with E-state index in [-0.39, 0.29) is 18.0 Å². The molecular weight excluding hydrogens is 364 g/mol. The summed E-state index contributed by atoms with van der Waals surface area (Å²) in [5, 5.41) is 3.00. The predicted molar refractivity (Wildman–Crippen MR) is 115 cm³/mol. The first-order chi connectivity index (χ1) is 14.0. The molecule has 1 heterocycles. The fourth-order valence-electron chi connectivity index (χ4n) is 3.73. The summed E-state index contributed by atoms with van der Waals surface area (Å²) in [5.41, 5.74) is 3.15. The SMILES string of the molecule is CCc1c(C)c2ccc(OCC(=O)c3ccc4ccccc4c3)c(C)c2oc1=O. The average Bonchev–Trinajstić information content (AvgIpc) is 2.73. The van der Waals surface area contributed by atoms with Crippen LogP contribution >= 0.6 is 0 Å². The first-order valence-electron chi connectivity index (χ1n) is 9.70. The van der Waals surface area contributed by atoms with Crippen molar-refractivity contribution in [1.29, 1.82) is 0 Å². The summed E-state index contributed by atoms with van der Waals surface area (Å²) < 4.78 is 11.4. The molecule has 0 saturated carbocycles. The monoisotopic (exact) mass is 386 g/mol. The van der Waals surface area contributed by atoms with Crippen molar-refractivity contribution in [2.24, 2.45) is 0 Å². The molecule has 0 radical (unpaired) electrons. The third-order valence-electron chi connectivity index (χ3n) is 5.44. The average molecular weight is 386 g/mol. The van der Waals surface area contributed by atoms with Crippen molar-refractivity contribution < 1.29 is 13.9 Å². The lowest BCUT2D eigenvalue weighted by atomic mass is 10.0. The minimum Gasteiger partial charge on any atom is -0.485 e. The number of hydrogen-bond acceptors (Lipinski definition) is 4. The topological polar surface area (TPSA) is 56.5 Å². The maximum absolute atomic E-state index is 12.6. The van der Waals surface area contributed by atoms with Gasteiger partial charge in [-0.3, -0.25) is 4.79 Å². The molecule has 0 N–H and O–H groups in total. The Morgan fingerprint density at radius 1 is 0.966 bits per heavy atom. The van der Waals surface area contributed by atoms with Crippen LogP contribution in [0.2, 0.25) is 0 Å². The number of rotatable bonds is 5. The van der Waals surface area contributed by atoms with Crippen molar-refractivity contribution in [3.05, 3.63) is 87.3 Å². The molecule has 3 aromatic carbocycles. The Balaban J connectivity index is 1.61. The number of aryl methyl sites for hydroxylation is 2. The van der Waals surface area contributed by atoms with E-state index in [4.69, 9.17) is 9.15 Å². The fourth-order valence-corrected chi connectivity index (χ4v) is 3.73. The van der Waals surface area contributed by atoms with Gasteiger partial charge in [0.15, 0.2) is 12.4 Å². The van der Waals surface area contributed by atoms with Crippen LogP contribution in [-0.2, 0) is 6.42 Å². The van der Waals surface area contributed by atoms with Crippen molar-refractivity contribution in [2.45, 2.75) is 27.2 Å². The maximum atomic E-state index is 12.6. The lowest BCUT2D eigenvalue weighted by Gasteiger charge is -2.12. The van der Waals surface area contributed by atoms with Crippen LogP contribution in [-0.4, -0.2) is 12.4 Å². The summed E-state index contributed by atoms with van der Waals surface area (Å²) in [5.74, 6) is 0.438. The Bertz CT molecular complexity index is 1300. The standard InChI is InChI=1S/C25H22O4/c1-4-20-15(2)21-11-12-23(16(3)24(21)29-25(20)27)28-14-22(26)19-10-9-17-7-5-6-8-18(17)13-19/h5-13H,4,14H2,1-3H3. The number of carbonyl (C=O) groups is 1. The van der Waals surface area contributed by atoms with Crippen LogP contribution in [0.5, 0.6) is 5.75 Å². The molecule has 4 aromatic rings. The Morgan fingerprint density at radius 2 is 1.72 bits per heavy atom. The van der Waals surface area contributed by atoms with E-state index in [9.17, 15) is 9.59 Å². The fraction of sp³-hybridized carbons (Fsp3) is 0.200. The Hall–Kier alpha value is -3.40. The number of Topliss-reactive ketones (excluding diaryl/α,β-unsaturated/α-hetero) is 1. The molecule has 0 atom stereocenters. The number of fused-ring (bicyclic) bond motifs is 2. The van der Waals surface area contributed by atoms with Crippen molar-refractivity contribution in [3.63, 3.8) is 0 Å². The smallest absolute Gasteiger partial charge is 0.339 e. The molecule has 4 rings (SSSR count). The van der Waals surface area contributed by atoms with Gasteiger partial charge in [-0.2, -0.15) is 0 Å². The van der Waals surface area contributed by atoms with Gasteiger partial charge < -0.3 is 9.15 Å². The lowest BCUT2D eigenvalue weighted by Crippen LogP contribution is -2.13. The van der Waals surface area contributed by atoms with Crippen molar-refractivity contribution >= 4 is 27.5 Å². The van der Waals surface area contributed by atoms with E-state index >= 15 is 0 Å². The highest BCUT2D eigenvalue weighted by Crippen LogP contribution is 2.29. The van der Waals surface area contributed by atoms with Gasteiger partial charge in [-0.1, -0.05) is 43.3 Å². The molecule has 4 heteroatoms. The lowest BCUT2D eigenvalue weighted by molar-refractivity contribution is 0.0921. The first-order valence-corrected chi connectivity index (χ1v) is 9.70. The van der Waals surface area contributed by atoms with Crippen LogP contribution in [0.4, 0.5) is 0 Å². The predicted octanol–water partition coefficient (Wildman–Crippen LogP) is 5.39. The third kappa shape index (κ3) is 3.42. The summed E-state index contributed by atoms with van der Waals surface area (Å²) >= 11 is 0. The van der Waals surface area contributed by atoms with Gasteiger partial charge in [0.2, 0.25) is 0 Å². The number of ketones is 1. The molecule has 29 heavy (non-hydrogen) atoms. The maximum Gasteiger partial charge on any atom is 0.339 e. The summed E-state index contributed by atoms with van der Waals surface area (Å²) in [6.45, 7) is 5.63. The van der Waals surface area contributed by atoms with Gasteiger partial charge in [0.1, 0.15) is 11.3 Å². The van der Waals surface area contributed by atoms with E-state index in [2.05, 4.69) is 0 Å². The minimum absolute atomic E-state index is 0.0824. The van der Waals surface area contributed by atoms with Crippen LogP contribution in [0, 0.1) is 13.8 Å². The molecular formula is C25H22O4. The second-order valence-corrected chi connectivity index (χ2v) is 7.19. The number of benzene rings is 3. The molecule has 0 aliphatic heterocycles. The van der Waals surface area contributed by atoms with Crippen LogP contribution in [0.25, 0.3) is 21.7 Å². The van der Waals surface area contributed by atoms with E-state index in [0.717, 1.165) is 27.3 Å². The zero-order valence-corrected chi connectivity index (χ0v) is 16.7. The van der Waals surface area contributed by atoms with Crippen LogP contribution in [0.1, 0.15) is 34.0 Å². The van der Waals surface area contributed by atoms with Crippen LogP contribution in [0.15, 0.2) is 63.8 Å². The highest BCUT2D eigenvalue weighted by atomic mass is 16.5. The Morgan fingerprint density at radius 3 is 2.48 bits per heavy atom. The molecule has 0 aliphatic rings. The van der Waals surface area contributed by atoms with Crippen molar-refractivity contribution in [1.82, 2.24) is 0 Å². The Labute approximate surface area is 168 Å². The van der Waals surface area contributed by atoms with Gasteiger partial charge in [-0.25, -0.2) is 4.79 Å². The van der Waals surface area contributed by atoms with Crippen LogP contribution in [0.3, 0.4) is 0 Å². The highest BCUT2D eigenvalue weighted by molar-refractivity contribution is 6.01. The molecule has 0 amide bonds. The Kier molecular flexibility index (Phi) is 4.93. The quantitative estimate of drug-likeness (QED) is 0.341. The second kappa shape index (κ2) is 7.55. The summed E-state index contributed by atoms with van der Waals surface area (Å²) in [4.78, 5) is 24.9. The van der Waals surface area contributed by atoms with Gasteiger partial charge in [0, 0.05) is 22.1 Å². The zero-order valence-electron chi connectivity index (χ0n) is 16.7. The number of carbonyl (C=O) groups excluding carboxylic acids is 1. The molecule has 1 aromatic heterocycles. The zero-order chi connectivity index (χ0) is 20.5. The summed E-state index contributed by atoms with van der Waals surface area (Å²) in [6.07, 6.45) is 0.627. The molecule has 4 nitrogen and oxygen atoms in total. The molecule has 0 spiro atoms. The molecule has 146 valence electrons. The largest absolute Gasteiger partial charge is 0.485 e. The second-order valence-electron chi connectivity index (χ2n) is 7.19. The third-order valence-corrected chi connectivity index (χ3v) is 5.44. The van der Waals surface area contributed by atoms with E-state index in [1.165, 1.54) is 0 Å². The van der Waals surface area contributed by atoms with Gasteiger partial charge in [-0.05, 0) is 54.8 Å². The van der Waals surface area contributed by atoms with Crippen molar-refractivity contribution in [2.75, 3.05) is 6.61 Å². The highest BCUT2D eigenvalue weighted by Gasteiger charge is 2.15. The molecule has 0 saturated heterocycles. The van der Waals surface area contributed by atoms with Gasteiger partial charge in [0.25, 0.3) is 0 Å². The van der Waals surface area contributed by atoms with Crippen molar-refractivity contribution in [3.8, 4) is 5.75 Å². The minimum atomic E-state index is -0.315. The van der Waals surface area contributed by atoms with E-state index < -0.39 is 0 Å².